The van der Waals surface area contributed by atoms with Gasteiger partial charge in [0.05, 0.1) is 22.4 Å². The van der Waals surface area contributed by atoms with Gasteiger partial charge in [-0.3, -0.25) is 9.69 Å². The number of nitrogens with zero attached hydrogens (tertiary/aromatic N) is 4. The predicted molar refractivity (Wildman–Crippen MR) is 133 cm³/mol. The second kappa shape index (κ2) is 11.3. The van der Waals surface area contributed by atoms with Gasteiger partial charge in [-0.15, -0.1) is 0 Å². The van der Waals surface area contributed by atoms with Gasteiger partial charge in [-0.1, -0.05) is 44.2 Å². The van der Waals surface area contributed by atoms with E-state index >= 15 is 0 Å². The van der Waals surface area contributed by atoms with E-state index in [1.165, 1.54) is 5.56 Å². The molecule has 0 saturated carbocycles. The van der Waals surface area contributed by atoms with Gasteiger partial charge in [-0.05, 0) is 49.6 Å². The molecule has 0 spiro atoms. The summed E-state index contributed by atoms with van der Waals surface area (Å²) in [6.45, 7) is 11.3. The van der Waals surface area contributed by atoms with Crippen molar-refractivity contribution in [2.24, 2.45) is 0 Å². The first-order valence-corrected chi connectivity index (χ1v) is 12.2. The van der Waals surface area contributed by atoms with E-state index in [1.54, 1.807) is 0 Å². The van der Waals surface area contributed by atoms with Crippen molar-refractivity contribution >= 4 is 16.9 Å². The van der Waals surface area contributed by atoms with Crippen molar-refractivity contribution in [3.05, 3.63) is 71.0 Å². The lowest BCUT2D eigenvalue weighted by molar-refractivity contribution is 0.0947. The van der Waals surface area contributed by atoms with Crippen molar-refractivity contribution in [3.63, 3.8) is 0 Å². The lowest BCUT2D eigenvalue weighted by Crippen LogP contribution is -2.46. The van der Waals surface area contributed by atoms with Crippen LogP contribution in [-0.2, 0) is 19.4 Å². The monoisotopic (exact) mass is 445 g/mol. The van der Waals surface area contributed by atoms with E-state index < -0.39 is 0 Å². The van der Waals surface area contributed by atoms with Crippen molar-refractivity contribution in [1.82, 2.24) is 25.1 Å². The van der Waals surface area contributed by atoms with Crippen LogP contribution in [0, 0.1) is 0 Å². The smallest absolute Gasteiger partial charge is 0.251 e. The Morgan fingerprint density at radius 2 is 1.55 bits per heavy atom. The summed E-state index contributed by atoms with van der Waals surface area (Å²) >= 11 is 0. The van der Waals surface area contributed by atoms with Crippen molar-refractivity contribution < 1.29 is 4.79 Å². The van der Waals surface area contributed by atoms with Gasteiger partial charge in [0.2, 0.25) is 0 Å². The third-order valence-corrected chi connectivity index (χ3v) is 6.40. The number of carbonyl (C=O) groups excluding carboxylic acids is 1. The van der Waals surface area contributed by atoms with Crippen LogP contribution in [0.2, 0.25) is 0 Å². The standard InChI is InChI=1S/C27H35N5O/c1-3-23-24(4-2)30-26-19-22(11-12-25(26)29-23)27(33)28-13-8-14-31-15-17-32(18-16-31)20-21-9-6-5-7-10-21/h5-7,9-12,19H,3-4,8,13-18,20H2,1-2H3,(H,28,33). The molecular formula is C27H35N5O. The molecule has 2 aromatic carbocycles. The number of hydrogen-bond acceptors (Lipinski definition) is 5. The van der Waals surface area contributed by atoms with Crippen LogP contribution in [0.4, 0.5) is 0 Å². The minimum atomic E-state index is -0.0380. The first kappa shape index (κ1) is 23.3. The van der Waals surface area contributed by atoms with Crippen LogP contribution in [0.15, 0.2) is 48.5 Å². The first-order chi connectivity index (χ1) is 16.2. The molecule has 0 atom stereocenters. The fraction of sp³-hybridized carbons (Fsp3) is 0.444. The molecule has 1 fully saturated rings. The Labute approximate surface area is 197 Å². The molecule has 1 aliphatic heterocycles. The summed E-state index contributed by atoms with van der Waals surface area (Å²) < 4.78 is 0. The van der Waals surface area contributed by atoms with Gasteiger partial charge < -0.3 is 10.2 Å². The van der Waals surface area contributed by atoms with Crippen LogP contribution in [0.1, 0.15) is 47.6 Å². The van der Waals surface area contributed by atoms with Gasteiger partial charge in [0.25, 0.3) is 5.91 Å². The average molecular weight is 446 g/mol. The highest BCUT2D eigenvalue weighted by atomic mass is 16.1. The van der Waals surface area contributed by atoms with Crippen LogP contribution < -0.4 is 5.32 Å². The van der Waals surface area contributed by atoms with Gasteiger partial charge in [-0.25, -0.2) is 9.97 Å². The molecule has 0 bridgehead atoms. The number of hydrogen-bond donors (Lipinski definition) is 1. The summed E-state index contributed by atoms with van der Waals surface area (Å²) in [5.74, 6) is -0.0380. The summed E-state index contributed by atoms with van der Waals surface area (Å²) in [6, 6.07) is 16.3. The number of fused-ring (bicyclic) bond motifs is 1. The summed E-state index contributed by atoms with van der Waals surface area (Å²) in [4.78, 5) is 27.1. The Hall–Kier alpha value is -2.83. The normalized spacial score (nSPS) is 15.1. The number of nitrogens with one attached hydrogen (secondary N) is 1. The number of carbonyl (C=O) groups is 1. The summed E-state index contributed by atoms with van der Waals surface area (Å²) in [6.07, 6.45) is 2.68. The van der Waals surface area contributed by atoms with Gasteiger partial charge in [0.1, 0.15) is 0 Å². The number of amides is 1. The van der Waals surface area contributed by atoms with Crippen molar-refractivity contribution in [2.75, 3.05) is 39.3 Å². The van der Waals surface area contributed by atoms with Crippen molar-refractivity contribution in [1.29, 1.82) is 0 Å². The van der Waals surface area contributed by atoms with Crippen molar-refractivity contribution in [2.45, 2.75) is 39.7 Å². The molecular weight excluding hydrogens is 410 g/mol. The Kier molecular flexibility index (Phi) is 8.02. The molecule has 6 heteroatoms. The molecule has 1 N–H and O–H groups in total. The van der Waals surface area contributed by atoms with E-state index in [1.807, 2.05) is 18.2 Å². The fourth-order valence-corrected chi connectivity index (χ4v) is 4.45. The zero-order valence-corrected chi connectivity index (χ0v) is 19.9. The largest absolute Gasteiger partial charge is 0.352 e. The van der Waals surface area contributed by atoms with Crippen LogP contribution in [0.3, 0.4) is 0 Å². The van der Waals surface area contributed by atoms with E-state index in [-0.39, 0.29) is 5.91 Å². The maximum Gasteiger partial charge on any atom is 0.251 e. The van der Waals surface area contributed by atoms with E-state index in [2.05, 4.69) is 59.3 Å². The molecule has 0 radical (unpaired) electrons. The summed E-state index contributed by atoms with van der Waals surface area (Å²) in [5.41, 5.74) is 5.74. The van der Waals surface area contributed by atoms with Crippen LogP contribution in [0.25, 0.3) is 11.0 Å². The number of piperazine rings is 1. The van der Waals surface area contributed by atoms with E-state index in [0.717, 1.165) is 81.0 Å². The molecule has 0 aliphatic carbocycles. The Balaban J connectivity index is 1.21. The fourth-order valence-electron chi connectivity index (χ4n) is 4.45. The minimum Gasteiger partial charge on any atom is -0.352 e. The molecule has 33 heavy (non-hydrogen) atoms. The Morgan fingerprint density at radius 1 is 0.879 bits per heavy atom. The highest BCUT2D eigenvalue weighted by molar-refractivity contribution is 5.97. The second-order valence-corrected chi connectivity index (χ2v) is 8.74. The van der Waals surface area contributed by atoms with Gasteiger partial charge in [0.15, 0.2) is 0 Å². The summed E-state index contributed by atoms with van der Waals surface area (Å²) in [5, 5.41) is 3.07. The quantitative estimate of drug-likeness (QED) is 0.509. The lowest BCUT2D eigenvalue weighted by Gasteiger charge is -2.34. The van der Waals surface area contributed by atoms with Crippen LogP contribution >= 0.6 is 0 Å². The third-order valence-electron chi connectivity index (χ3n) is 6.40. The van der Waals surface area contributed by atoms with Crippen molar-refractivity contribution in [3.8, 4) is 0 Å². The van der Waals surface area contributed by atoms with Gasteiger partial charge >= 0.3 is 0 Å². The zero-order chi connectivity index (χ0) is 23.0. The number of aryl methyl sites for hydroxylation is 2. The molecule has 2 heterocycles. The highest BCUT2D eigenvalue weighted by Crippen LogP contribution is 2.16. The Morgan fingerprint density at radius 3 is 2.24 bits per heavy atom. The molecule has 4 rings (SSSR count). The minimum absolute atomic E-state index is 0.0380. The predicted octanol–water partition coefficient (Wildman–Crippen LogP) is 3.69. The number of aromatic nitrogens is 2. The third kappa shape index (κ3) is 6.15. The summed E-state index contributed by atoms with van der Waals surface area (Å²) in [7, 11) is 0. The van der Waals surface area contributed by atoms with E-state index in [4.69, 9.17) is 9.97 Å². The topological polar surface area (TPSA) is 61.4 Å². The van der Waals surface area contributed by atoms with Gasteiger partial charge in [0, 0.05) is 44.8 Å². The number of benzene rings is 2. The molecule has 6 nitrogen and oxygen atoms in total. The van der Waals surface area contributed by atoms with E-state index in [0.29, 0.717) is 12.1 Å². The first-order valence-electron chi connectivity index (χ1n) is 12.2. The molecule has 1 amide bonds. The molecule has 0 unspecified atom stereocenters. The van der Waals surface area contributed by atoms with Gasteiger partial charge in [-0.2, -0.15) is 0 Å². The average Bonchev–Trinajstić information content (AvgIpc) is 2.86. The molecule has 1 saturated heterocycles. The maximum atomic E-state index is 12.7. The lowest BCUT2D eigenvalue weighted by atomic mass is 10.1. The Bertz CT molecular complexity index is 1060. The molecule has 1 aliphatic rings. The molecule has 174 valence electrons. The SMILES string of the molecule is CCc1nc2ccc(C(=O)NCCCN3CCN(Cc4ccccc4)CC3)cc2nc1CC. The molecule has 3 aromatic rings. The zero-order valence-electron chi connectivity index (χ0n) is 19.9. The van der Waals surface area contributed by atoms with Crippen LogP contribution in [0.5, 0.6) is 0 Å². The van der Waals surface area contributed by atoms with Crippen LogP contribution in [-0.4, -0.2) is 64.9 Å². The highest BCUT2D eigenvalue weighted by Gasteiger charge is 2.17. The number of rotatable bonds is 9. The molecule has 1 aromatic heterocycles. The second-order valence-electron chi connectivity index (χ2n) is 8.74. The maximum absolute atomic E-state index is 12.7. The van der Waals surface area contributed by atoms with E-state index in [9.17, 15) is 4.79 Å².